The average Bonchev–Trinajstić information content (AvgIpc) is 2.74. The number of aryl methyl sites for hydroxylation is 1. The van der Waals surface area contributed by atoms with Gasteiger partial charge in [0.1, 0.15) is 11.6 Å². The predicted molar refractivity (Wildman–Crippen MR) is 116 cm³/mol. The summed E-state index contributed by atoms with van der Waals surface area (Å²) in [5, 5.41) is 10.1. The van der Waals surface area contributed by atoms with E-state index in [9.17, 15) is 23.5 Å². The quantitative estimate of drug-likeness (QED) is 0.580. The molecule has 1 aromatic carbocycles. The average molecular weight is 430 g/mol. The predicted octanol–water partition coefficient (Wildman–Crippen LogP) is 3.87. The number of hydrogen-bond donors (Lipinski definition) is 3. The standard InChI is InChI=1S/C20H18F2N4O3.C2H6/c1-9-3-4-15(27)10(2)16(9)26-18(23)14(19(24)28)6-13(20(26)29)11-5-12(17(21)22)8-25-7-11;1-2/h3-8,17,27H,23H2,1-2H3,(H2,24,28);1-2H3. The van der Waals surface area contributed by atoms with Crippen molar-refractivity contribution in [2.24, 2.45) is 5.73 Å². The molecule has 0 bridgehead atoms. The third-order valence-electron chi connectivity index (χ3n) is 4.65. The van der Waals surface area contributed by atoms with E-state index in [2.05, 4.69) is 4.98 Å². The molecule has 0 spiro atoms. The smallest absolute Gasteiger partial charge is 0.265 e. The summed E-state index contributed by atoms with van der Waals surface area (Å²) >= 11 is 0. The third kappa shape index (κ3) is 4.40. The van der Waals surface area contributed by atoms with Crippen LogP contribution < -0.4 is 17.0 Å². The topological polar surface area (TPSA) is 124 Å². The minimum Gasteiger partial charge on any atom is -0.508 e. The number of rotatable bonds is 4. The van der Waals surface area contributed by atoms with Crippen LogP contribution in [-0.2, 0) is 0 Å². The number of carbonyl (C=O) groups excluding carboxylic acids is 1. The highest BCUT2D eigenvalue weighted by atomic mass is 19.3. The largest absolute Gasteiger partial charge is 0.508 e. The van der Waals surface area contributed by atoms with Gasteiger partial charge in [-0.15, -0.1) is 0 Å². The van der Waals surface area contributed by atoms with Crippen molar-refractivity contribution in [1.29, 1.82) is 0 Å². The normalized spacial score (nSPS) is 10.5. The van der Waals surface area contributed by atoms with Gasteiger partial charge in [-0.3, -0.25) is 19.1 Å². The highest BCUT2D eigenvalue weighted by molar-refractivity contribution is 5.98. The van der Waals surface area contributed by atoms with Crippen LogP contribution in [0.5, 0.6) is 5.75 Å². The number of anilines is 1. The number of primary amides is 1. The zero-order chi connectivity index (χ0) is 23.5. The number of hydrogen-bond acceptors (Lipinski definition) is 5. The first-order chi connectivity index (χ1) is 14.6. The van der Waals surface area contributed by atoms with E-state index in [4.69, 9.17) is 11.5 Å². The van der Waals surface area contributed by atoms with E-state index in [-0.39, 0.29) is 39.5 Å². The van der Waals surface area contributed by atoms with Crippen LogP contribution in [0, 0.1) is 13.8 Å². The van der Waals surface area contributed by atoms with Crippen molar-refractivity contribution in [2.75, 3.05) is 5.73 Å². The van der Waals surface area contributed by atoms with Crippen LogP contribution in [0.15, 0.2) is 41.5 Å². The molecular weight excluding hydrogens is 406 g/mol. The fraction of sp³-hybridized carbons (Fsp3) is 0.227. The van der Waals surface area contributed by atoms with Gasteiger partial charge in [0.05, 0.1) is 16.8 Å². The highest BCUT2D eigenvalue weighted by Gasteiger charge is 2.22. The number of nitrogens with two attached hydrogens (primary N) is 2. The van der Waals surface area contributed by atoms with Crippen LogP contribution in [0.3, 0.4) is 0 Å². The number of pyridine rings is 2. The molecule has 2 aromatic heterocycles. The van der Waals surface area contributed by atoms with E-state index < -0.39 is 17.9 Å². The number of benzene rings is 1. The number of phenolic OH excluding ortho intramolecular Hbond substituents is 1. The van der Waals surface area contributed by atoms with Gasteiger partial charge < -0.3 is 16.6 Å². The maximum Gasteiger partial charge on any atom is 0.265 e. The third-order valence-corrected chi connectivity index (χ3v) is 4.65. The number of phenols is 1. The second-order valence-corrected chi connectivity index (χ2v) is 6.54. The molecule has 0 saturated heterocycles. The Bertz CT molecular complexity index is 1190. The van der Waals surface area contributed by atoms with Gasteiger partial charge in [-0.05, 0) is 37.6 Å². The lowest BCUT2D eigenvalue weighted by molar-refractivity contribution is 0.100. The molecule has 0 aliphatic heterocycles. The van der Waals surface area contributed by atoms with E-state index in [1.54, 1.807) is 19.9 Å². The summed E-state index contributed by atoms with van der Waals surface area (Å²) in [7, 11) is 0. The Morgan fingerprint density at radius 1 is 1.16 bits per heavy atom. The van der Waals surface area contributed by atoms with Gasteiger partial charge in [-0.1, -0.05) is 19.9 Å². The lowest BCUT2D eigenvalue weighted by Crippen LogP contribution is -2.28. The van der Waals surface area contributed by atoms with Crippen LogP contribution in [0.25, 0.3) is 16.8 Å². The number of halogens is 2. The lowest BCUT2D eigenvalue weighted by Gasteiger charge is -2.19. The SMILES string of the molecule is CC.Cc1ccc(O)c(C)c1-n1c(N)c(C(N)=O)cc(-c2cncc(C(F)F)c2)c1=O. The van der Waals surface area contributed by atoms with Crippen LogP contribution in [0.1, 0.15) is 47.3 Å². The molecule has 31 heavy (non-hydrogen) atoms. The summed E-state index contributed by atoms with van der Waals surface area (Å²) in [5.74, 6) is -1.20. The van der Waals surface area contributed by atoms with Crippen molar-refractivity contribution in [3.8, 4) is 22.6 Å². The Labute approximate surface area is 178 Å². The molecule has 0 aliphatic carbocycles. The zero-order valence-corrected chi connectivity index (χ0v) is 17.6. The van der Waals surface area contributed by atoms with Crippen molar-refractivity contribution in [3.05, 3.63) is 69.3 Å². The van der Waals surface area contributed by atoms with Gasteiger partial charge in [-0.25, -0.2) is 8.78 Å². The summed E-state index contributed by atoms with van der Waals surface area (Å²) in [6.45, 7) is 7.28. The summed E-state index contributed by atoms with van der Waals surface area (Å²) in [6.07, 6.45) is -0.567. The molecule has 9 heteroatoms. The fourth-order valence-electron chi connectivity index (χ4n) is 3.15. The number of aromatic nitrogens is 2. The fourth-order valence-corrected chi connectivity index (χ4v) is 3.15. The first-order valence-electron chi connectivity index (χ1n) is 9.51. The number of aromatic hydroxyl groups is 1. The summed E-state index contributed by atoms with van der Waals surface area (Å²) in [4.78, 5) is 29.0. The maximum absolute atomic E-state index is 13.3. The maximum atomic E-state index is 13.3. The van der Waals surface area contributed by atoms with Crippen LogP contribution in [0.2, 0.25) is 0 Å². The Morgan fingerprint density at radius 2 is 1.81 bits per heavy atom. The van der Waals surface area contributed by atoms with Crippen molar-refractivity contribution in [1.82, 2.24) is 9.55 Å². The van der Waals surface area contributed by atoms with Gasteiger partial charge in [0, 0.05) is 29.1 Å². The number of nitrogen functional groups attached to an aromatic ring is 1. The van der Waals surface area contributed by atoms with Gasteiger partial charge in [-0.2, -0.15) is 0 Å². The van der Waals surface area contributed by atoms with Crippen molar-refractivity contribution in [3.63, 3.8) is 0 Å². The number of nitrogens with zero attached hydrogens (tertiary/aromatic N) is 2. The van der Waals surface area contributed by atoms with Gasteiger partial charge in [0.15, 0.2) is 0 Å². The second-order valence-electron chi connectivity index (χ2n) is 6.54. The van der Waals surface area contributed by atoms with Crippen LogP contribution >= 0.6 is 0 Å². The molecule has 164 valence electrons. The number of carbonyl (C=O) groups is 1. The van der Waals surface area contributed by atoms with E-state index in [1.807, 2.05) is 13.8 Å². The van der Waals surface area contributed by atoms with Crippen LogP contribution in [0.4, 0.5) is 14.6 Å². The Hall–Kier alpha value is -3.75. The molecule has 0 saturated carbocycles. The minimum absolute atomic E-state index is 0.0786. The summed E-state index contributed by atoms with van der Waals surface area (Å²) < 4.78 is 27.2. The molecule has 0 fully saturated rings. The minimum atomic E-state index is -2.79. The molecule has 0 unspecified atom stereocenters. The van der Waals surface area contributed by atoms with Crippen LogP contribution in [-0.4, -0.2) is 20.6 Å². The first-order valence-corrected chi connectivity index (χ1v) is 9.51. The van der Waals surface area contributed by atoms with Gasteiger partial charge in [0.2, 0.25) is 0 Å². The second kappa shape index (κ2) is 9.38. The van der Waals surface area contributed by atoms with Crippen molar-refractivity contribution < 1.29 is 18.7 Å². The molecule has 0 radical (unpaired) electrons. The Balaban J connectivity index is 0.00000166. The van der Waals surface area contributed by atoms with E-state index in [1.165, 1.54) is 12.3 Å². The first kappa shape index (κ1) is 23.5. The zero-order valence-electron chi connectivity index (χ0n) is 17.6. The van der Waals surface area contributed by atoms with Crippen molar-refractivity contribution >= 4 is 11.7 Å². The van der Waals surface area contributed by atoms with E-state index in [0.29, 0.717) is 11.1 Å². The van der Waals surface area contributed by atoms with E-state index >= 15 is 0 Å². The monoisotopic (exact) mass is 430 g/mol. The van der Waals surface area contributed by atoms with Gasteiger partial charge in [0.25, 0.3) is 17.9 Å². The number of alkyl halides is 2. The Kier molecular flexibility index (Phi) is 7.12. The molecule has 5 N–H and O–H groups in total. The van der Waals surface area contributed by atoms with E-state index in [0.717, 1.165) is 22.9 Å². The molecule has 1 amide bonds. The lowest BCUT2D eigenvalue weighted by atomic mass is 10.0. The summed E-state index contributed by atoms with van der Waals surface area (Å²) in [6, 6.07) is 5.32. The van der Waals surface area contributed by atoms with Crippen molar-refractivity contribution in [2.45, 2.75) is 34.1 Å². The molecular formula is C22H24F2N4O3. The molecule has 0 atom stereocenters. The van der Waals surface area contributed by atoms with Gasteiger partial charge >= 0.3 is 0 Å². The summed E-state index contributed by atoms with van der Waals surface area (Å²) in [5.41, 5.74) is 11.5. The molecule has 3 aromatic rings. The molecule has 0 aliphatic rings. The molecule has 3 rings (SSSR count). The highest BCUT2D eigenvalue weighted by Crippen LogP contribution is 2.30. The Morgan fingerprint density at radius 3 is 2.39 bits per heavy atom. The molecule has 7 nitrogen and oxygen atoms in total. The molecule has 2 heterocycles. The number of amides is 1.